The molecule has 2 aromatic rings. The van der Waals surface area contributed by atoms with Gasteiger partial charge in [-0.2, -0.15) is 5.11 Å². The molecule has 1 N–H and O–H groups in total. The normalized spacial score (nSPS) is 10.6. The lowest BCUT2D eigenvalue weighted by Crippen LogP contribution is -2.13. The zero-order valence-electron chi connectivity index (χ0n) is 12.0. The number of amides is 1. The van der Waals surface area contributed by atoms with Gasteiger partial charge in [-0.15, -0.1) is 5.11 Å². The van der Waals surface area contributed by atoms with E-state index in [1.807, 2.05) is 49.4 Å². The smallest absolute Gasteiger partial charge is 0.411 e. The lowest BCUT2D eigenvalue weighted by atomic mass is 10.2. The summed E-state index contributed by atoms with van der Waals surface area (Å²) in [6.45, 7) is 4.03. The third-order valence-corrected chi connectivity index (χ3v) is 2.69. The molecule has 0 saturated carbocycles. The van der Waals surface area contributed by atoms with Gasteiger partial charge in [0.25, 0.3) is 0 Å². The molecule has 0 heterocycles. The molecule has 0 atom stereocenters. The van der Waals surface area contributed by atoms with Crippen molar-refractivity contribution < 1.29 is 9.53 Å². The number of nitrogens with zero attached hydrogens (tertiary/aromatic N) is 2. The second-order valence-corrected chi connectivity index (χ2v) is 4.40. The van der Waals surface area contributed by atoms with Crippen molar-refractivity contribution in [1.29, 1.82) is 0 Å². The van der Waals surface area contributed by atoms with E-state index in [0.717, 1.165) is 11.3 Å². The van der Waals surface area contributed by atoms with Crippen molar-refractivity contribution in [2.75, 3.05) is 11.9 Å². The molecule has 21 heavy (non-hydrogen) atoms. The number of ether oxygens (including phenoxy) is 1. The van der Waals surface area contributed by atoms with Gasteiger partial charge in [0.05, 0.1) is 18.0 Å². The summed E-state index contributed by atoms with van der Waals surface area (Å²) in [5.41, 5.74) is 2.94. The minimum atomic E-state index is -0.502. The fourth-order valence-corrected chi connectivity index (χ4v) is 1.71. The number of rotatable bonds is 4. The molecule has 5 heteroatoms. The SMILES string of the molecule is CCOC(=O)Nc1ccc(C)cc1N=Nc1ccccc1. The van der Waals surface area contributed by atoms with Crippen LogP contribution >= 0.6 is 0 Å². The minimum absolute atomic E-state index is 0.318. The number of nitrogens with one attached hydrogen (secondary N) is 1. The second-order valence-electron chi connectivity index (χ2n) is 4.40. The average Bonchev–Trinajstić information content (AvgIpc) is 2.49. The van der Waals surface area contributed by atoms with Crippen LogP contribution in [0.3, 0.4) is 0 Å². The molecule has 0 saturated heterocycles. The van der Waals surface area contributed by atoms with Crippen LogP contribution in [-0.2, 0) is 4.74 Å². The van der Waals surface area contributed by atoms with Gasteiger partial charge in [-0.05, 0) is 43.7 Å². The first-order valence-corrected chi connectivity index (χ1v) is 6.70. The molecule has 0 fully saturated rings. The fraction of sp³-hybridized carbons (Fsp3) is 0.188. The maximum atomic E-state index is 11.5. The zero-order chi connectivity index (χ0) is 15.1. The maximum Gasteiger partial charge on any atom is 0.411 e. The molecule has 0 unspecified atom stereocenters. The van der Waals surface area contributed by atoms with Crippen molar-refractivity contribution in [2.24, 2.45) is 10.2 Å². The molecular weight excluding hydrogens is 266 g/mol. The van der Waals surface area contributed by atoms with E-state index in [1.165, 1.54) is 0 Å². The third kappa shape index (κ3) is 4.42. The molecule has 2 rings (SSSR count). The van der Waals surface area contributed by atoms with Gasteiger partial charge in [0.15, 0.2) is 0 Å². The molecule has 0 aliphatic heterocycles. The van der Waals surface area contributed by atoms with Crippen LogP contribution in [-0.4, -0.2) is 12.7 Å². The Bertz CT molecular complexity index is 639. The number of hydrogen-bond acceptors (Lipinski definition) is 4. The van der Waals surface area contributed by atoms with Crippen LogP contribution in [0.4, 0.5) is 21.9 Å². The highest BCUT2D eigenvalue weighted by molar-refractivity contribution is 5.88. The summed E-state index contributed by atoms with van der Waals surface area (Å²) >= 11 is 0. The van der Waals surface area contributed by atoms with Gasteiger partial charge in [-0.3, -0.25) is 5.32 Å². The van der Waals surface area contributed by atoms with Crippen molar-refractivity contribution in [2.45, 2.75) is 13.8 Å². The van der Waals surface area contributed by atoms with E-state index < -0.39 is 6.09 Å². The first-order chi connectivity index (χ1) is 10.2. The van der Waals surface area contributed by atoms with Crippen molar-refractivity contribution in [3.63, 3.8) is 0 Å². The van der Waals surface area contributed by atoms with Gasteiger partial charge >= 0.3 is 6.09 Å². The van der Waals surface area contributed by atoms with Crippen LogP contribution in [0.5, 0.6) is 0 Å². The van der Waals surface area contributed by atoms with Crippen LogP contribution in [0.15, 0.2) is 58.8 Å². The Morgan fingerprint density at radius 2 is 1.90 bits per heavy atom. The van der Waals surface area contributed by atoms with Crippen LogP contribution in [0.25, 0.3) is 0 Å². The highest BCUT2D eigenvalue weighted by Gasteiger charge is 2.07. The van der Waals surface area contributed by atoms with Gasteiger partial charge in [0.2, 0.25) is 0 Å². The number of anilines is 1. The van der Waals surface area contributed by atoms with Gasteiger partial charge < -0.3 is 4.74 Å². The Morgan fingerprint density at radius 3 is 2.62 bits per heavy atom. The Kier molecular flexibility index (Phi) is 5.04. The average molecular weight is 283 g/mol. The monoisotopic (exact) mass is 283 g/mol. The van der Waals surface area contributed by atoms with Gasteiger partial charge in [0, 0.05) is 0 Å². The van der Waals surface area contributed by atoms with Crippen molar-refractivity contribution >= 4 is 23.2 Å². The molecule has 0 bridgehead atoms. The molecule has 108 valence electrons. The predicted molar refractivity (Wildman–Crippen MR) is 82.4 cm³/mol. The molecule has 0 aliphatic rings. The number of aryl methyl sites for hydroxylation is 1. The highest BCUT2D eigenvalue weighted by Crippen LogP contribution is 2.28. The quantitative estimate of drug-likeness (QED) is 0.804. The maximum absolute atomic E-state index is 11.5. The lowest BCUT2D eigenvalue weighted by molar-refractivity contribution is 0.168. The molecule has 0 aromatic heterocycles. The summed E-state index contributed by atoms with van der Waals surface area (Å²) in [6, 6.07) is 14.9. The van der Waals surface area contributed by atoms with Crippen LogP contribution < -0.4 is 5.32 Å². The van der Waals surface area contributed by atoms with E-state index in [-0.39, 0.29) is 0 Å². The van der Waals surface area contributed by atoms with Gasteiger partial charge in [-0.25, -0.2) is 4.79 Å². The molecule has 0 spiro atoms. The van der Waals surface area contributed by atoms with E-state index in [9.17, 15) is 4.79 Å². The predicted octanol–water partition coefficient (Wildman–Crippen LogP) is 4.98. The molecule has 5 nitrogen and oxygen atoms in total. The van der Waals surface area contributed by atoms with Crippen LogP contribution in [0.1, 0.15) is 12.5 Å². The summed E-state index contributed by atoms with van der Waals surface area (Å²) in [4.78, 5) is 11.5. The summed E-state index contributed by atoms with van der Waals surface area (Å²) in [7, 11) is 0. The largest absolute Gasteiger partial charge is 0.450 e. The summed E-state index contributed by atoms with van der Waals surface area (Å²) in [6.07, 6.45) is -0.502. The van der Waals surface area contributed by atoms with E-state index in [2.05, 4.69) is 15.5 Å². The third-order valence-electron chi connectivity index (χ3n) is 2.69. The van der Waals surface area contributed by atoms with Crippen LogP contribution in [0.2, 0.25) is 0 Å². The van der Waals surface area contributed by atoms with Crippen molar-refractivity contribution in [3.8, 4) is 0 Å². The zero-order valence-corrected chi connectivity index (χ0v) is 12.0. The lowest BCUT2D eigenvalue weighted by Gasteiger charge is -2.08. The first-order valence-electron chi connectivity index (χ1n) is 6.70. The molecule has 0 radical (unpaired) electrons. The van der Waals surface area contributed by atoms with Gasteiger partial charge in [0.1, 0.15) is 5.69 Å². The molecule has 1 amide bonds. The number of carbonyl (C=O) groups is 1. The Labute approximate surface area is 123 Å². The number of carbonyl (C=O) groups excluding carboxylic acids is 1. The highest BCUT2D eigenvalue weighted by atomic mass is 16.5. The minimum Gasteiger partial charge on any atom is -0.450 e. The summed E-state index contributed by atoms with van der Waals surface area (Å²) < 4.78 is 4.87. The molecule has 2 aromatic carbocycles. The Hall–Kier alpha value is -2.69. The van der Waals surface area contributed by atoms with Crippen molar-refractivity contribution in [3.05, 3.63) is 54.1 Å². The van der Waals surface area contributed by atoms with Crippen LogP contribution in [0, 0.1) is 6.92 Å². The molecule has 0 aliphatic carbocycles. The van der Waals surface area contributed by atoms with Gasteiger partial charge in [-0.1, -0.05) is 24.3 Å². The Morgan fingerprint density at radius 1 is 1.14 bits per heavy atom. The topological polar surface area (TPSA) is 63.0 Å². The summed E-state index contributed by atoms with van der Waals surface area (Å²) in [5.74, 6) is 0. The number of azo groups is 1. The second kappa shape index (κ2) is 7.19. The fourth-order valence-electron chi connectivity index (χ4n) is 1.71. The van der Waals surface area contributed by atoms with E-state index in [1.54, 1.807) is 13.0 Å². The van der Waals surface area contributed by atoms with E-state index >= 15 is 0 Å². The molecular formula is C16H17N3O2. The van der Waals surface area contributed by atoms with Crippen molar-refractivity contribution in [1.82, 2.24) is 0 Å². The van der Waals surface area contributed by atoms with E-state index in [4.69, 9.17) is 4.74 Å². The summed E-state index contributed by atoms with van der Waals surface area (Å²) in [5, 5.41) is 11.0. The Balaban J connectivity index is 2.23. The number of hydrogen-bond donors (Lipinski definition) is 1. The standard InChI is InChI=1S/C16H17N3O2/c1-3-21-16(20)17-14-10-9-12(2)11-15(14)19-18-13-7-5-4-6-8-13/h4-11H,3H2,1-2H3,(H,17,20). The number of benzene rings is 2. The van der Waals surface area contributed by atoms with E-state index in [0.29, 0.717) is 18.0 Å². The first kappa shape index (κ1) is 14.7.